The standard InChI is InChI=1S/C14H19NO.C13H17ClO.C13H17NO.C13H19N.C13H16O.C10H14/c1-14(2,3)11-6-7-12-10(9-11)5-8-13(12)15-16-4;1-13(2,3)11-6-4-10(5-7-11)12(15)8-9-14;1-13(2,3)10-5-6-11-9(8-10)4-7-12(11)14-15;2*1-13(2,3)10-5-6-11-9(8-10)4-7-12(11)14;1-10(2,3)9-7-5-4-6-8-9/h6-7,9H,5,8H2,1-4H3;4-7H,8-9H2,1-3H3;5-6,8,15H,4,7H2,1-3H3;5-6,8,12H,4,7,14H2,1-3H3;5-6,8H,4,7H2,1-3H3;4-8H,1-3H3/b15-13-;;14-12-;;;. The third-order valence-corrected chi connectivity index (χ3v) is 16.4. The highest BCUT2D eigenvalue weighted by molar-refractivity contribution is 6.19. The number of aryl methyl sites for hydroxylation is 4. The lowest BCUT2D eigenvalue weighted by atomic mass is 9.85. The van der Waals surface area contributed by atoms with Crippen molar-refractivity contribution in [1.82, 2.24) is 0 Å². The van der Waals surface area contributed by atoms with Crippen molar-refractivity contribution in [2.75, 3.05) is 13.0 Å². The monoisotopic (exact) mass is 1160 g/mol. The summed E-state index contributed by atoms with van der Waals surface area (Å²) < 4.78 is 0. The van der Waals surface area contributed by atoms with Crippen LogP contribution in [0, 0.1) is 0 Å². The fourth-order valence-electron chi connectivity index (χ4n) is 10.5. The van der Waals surface area contributed by atoms with E-state index in [4.69, 9.17) is 27.4 Å². The molecule has 84 heavy (non-hydrogen) atoms. The Morgan fingerprint density at radius 3 is 1.30 bits per heavy atom. The number of rotatable bonds is 4. The third-order valence-electron chi connectivity index (χ3n) is 16.2. The van der Waals surface area contributed by atoms with Crippen molar-refractivity contribution < 1.29 is 19.6 Å². The lowest BCUT2D eigenvalue weighted by Crippen LogP contribution is -2.12. The number of halogens is 1. The molecular formula is C76H102ClN3O4. The zero-order valence-electron chi connectivity index (χ0n) is 54.8. The van der Waals surface area contributed by atoms with Gasteiger partial charge in [-0.2, -0.15) is 0 Å². The second-order valence-corrected chi connectivity index (χ2v) is 29.5. The molecule has 4 aliphatic carbocycles. The second-order valence-electron chi connectivity index (χ2n) is 29.2. The molecule has 1 unspecified atom stereocenters. The van der Waals surface area contributed by atoms with Crippen molar-refractivity contribution in [2.24, 2.45) is 16.0 Å². The Balaban J connectivity index is 0.000000185. The van der Waals surface area contributed by atoms with Crippen molar-refractivity contribution >= 4 is 34.6 Å². The van der Waals surface area contributed by atoms with E-state index in [0.29, 0.717) is 29.9 Å². The third kappa shape index (κ3) is 19.4. The van der Waals surface area contributed by atoms with E-state index in [1.165, 1.54) is 66.8 Å². The van der Waals surface area contributed by atoms with Crippen LogP contribution < -0.4 is 5.73 Å². The smallest absolute Gasteiger partial charge is 0.164 e. The van der Waals surface area contributed by atoms with Gasteiger partial charge in [0.05, 0.1) is 11.4 Å². The Labute approximate surface area is 512 Å². The van der Waals surface area contributed by atoms with E-state index in [9.17, 15) is 9.59 Å². The molecule has 452 valence electrons. The summed E-state index contributed by atoms with van der Waals surface area (Å²) in [6.45, 7) is 39.9. The van der Waals surface area contributed by atoms with Crippen molar-refractivity contribution in [2.45, 2.75) is 221 Å². The largest absolute Gasteiger partial charge is 0.411 e. The summed E-state index contributed by atoms with van der Waals surface area (Å²) in [6.07, 6.45) is 8.25. The normalized spacial score (nSPS) is 16.2. The zero-order valence-corrected chi connectivity index (χ0v) is 55.6. The molecule has 4 aliphatic rings. The van der Waals surface area contributed by atoms with E-state index in [2.05, 4.69) is 232 Å². The molecule has 0 spiro atoms. The number of fused-ring (bicyclic) bond motifs is 4. The number of alkyl halides is 1. The molecule has 1 atom stereocenters. The summed E-state index contributed by atoms with van der Waals surface area (Å²) >= 11 is 5.53. The van der Waals surface area contributed by atoms with E-state index in [0.717, 1.165) is 73.1 Å². The quantitative estimate of drug-likeness (QED) is 0.0790. The van der Waals surface area contributed by atoms with Crippen molar-refractivity contribution in [1.29, 1.82) is 0 Å². The van der Waals surface area contributed by atoms with Crippen LogP contribution in [0.2, 0.25) is 0 Å². The average molecular weight is 1160 g/mol. The van der Waals surface area contributed by atoms with Crippen LogP contribution in [0.5, 0.6) is 0 Å². The van der Waals surface area contributed by atoms with Gasteiger partial charge in [0.1, 0.15) is 7.11 Å². The lowest BCUT2D eigenvalue weighted by molar-refractivity contribution is 0.0983. The van der Waals surface area contributed by atoms with Crippen molar-refractivity contribution in [3.63, 3.8) is 0 Å². The Kier molecular flexibility index (Phi) is 23.6. The van der Waals surface area contributed by atoms with Crippen LogP contribution in [-0.2, 0) is 63.0 Å². The molecule has 0 saturated heterocycles. The number of hydrogen-bond acceptors (Lipinski definition) is 7. The van der Waals surface area contributed by atoms with Gasteiger partial charge in [-0.3, -0.25) is 9.59 Å². The molecule has 6 aromatic rings. The van der Waals surface area contributed by atoms with Gasteiger partial charge in [-0.25, -0.2) is 0 Å². The fraction of sp³-hybridized carbons (Fsp3) is 0.474. The van der Waals surface area contributed by atoms with Crippen molar-refractivity contribution in [3.8, 4) is 0 Å². The van der Waals surface area contributed by atoms with Gasteiger partial charge in [0.2, 0.25) is 0 Å². The van der Waals surface area contributed by atoms with Crippen LogP contribution >= 0.6 is 11.6 Å². The lowest BCUT2D eigenvalue weighted by Gasteiger charge is -2.20. The van der Waals surface area contributed by atoms with Crippen LogP contribution in [0.25, 0.3) is 0 Å². The maximum atomic E-state index is 11.5. The molecule has 7 nitrogen and oxygen atoms in total. The number of benzene rings is 6. The number of nitrogens with two attached hydrogens (primary N) is 1. The highest BCUT2D eigenvalue weighted by atomic mass is 35.5. The highest BCUT2D eigenvalue weighted by Gasteiger charge is 2.26. The van der Waals surface area contributed by atoms with Gasteiger partial charge in [0.25, 0.3) is 0 Å². The summed E-state index contributed by atoms with van der Waals surface area (Å²) in [5.74, 6) is 0.811. The molecule has 0 fully saturated rings. The van der Waals surface area contributed by atoms with E-state index >= 15 is 0 Å². The van der Waals surface area contributed by atoms with Gasteiger partial charge >= 0.3 is 0 Å². The van der Waals surface area contributed by atoms with Crippen molar-refractivity contribution in [3.05, 3.63) is 211 Å². The highest BCUT2D eigenvalue weighted by Crippen LogP contribution is 2.35. The number of Topliss-reactive ketones (excluding diaryl/α,β-unsaturated/α-hetero) is 2. The van der Waals surface area contributed by atoms with Gasteiger partial charge in [-0.15, -0.1) is 11.6 Å². The van der Waals surface area contributed by atoms with E-state index in [1.807, 2.05) is 30.3 Å². The molecule has 0 saturated carbocycles. The molecule has 8 heteroatoms. The maximum Gasteiger partial charge on any atom is 0.164 e. The summed E-state index contributed by atoms with van der Waals surface area (Å²) in [5.41, 5.74) is 28.2. The molecule has 0 radical (unpaired) electrons. The Morgan fingerprint density at radius 1 is 0.488 bits per heavy atom. The van der Waals surface area contributed by atoms with E-state index < -0.39 is 0 Å². The van der Waals surface area contributed by atoms with Gasteiger partial charge in [0.15, 0.2) is 11.6 Å². The molecule has 6 aromatic carbocycles. The van der Waals surface area contributed by atoms with Crippen LogP contribution in [0.1, 0.15) is 256 Å². The van der Waals surface area contributed by atoms with Crippen LogP contribution in [0.3, 0.4) is 0 Å². The number of ketones is 2. The van der Waals surface area contributed by atoms with E-state index in [-0.39, 0.29) is 38.9 Å². The number of carbonyl (C=O) groups excluding carboxylic acids is 2. The first-order chi connectivity index (χ1) is 39.1. The zero-order chi connectivity index (χ0) is 62.6. The number of carbonyl (C=O) groups is 2. The first-order valence-electron chi connectivity index (χ1n) is 30.5. The summed E-state index contributed by atoms with van der Waals surface area (Å²) in [5, 5.41) is 16.2. The number of nitrogens with zero attached hydrogens (tertiary/aromatic N) is 2. The number of oxime groups is 2. The minimum Gasteiger partial charge on any atom is -0.411 e. The van der Waals surface area contributed by atoms with Gasteiger partial charge in [0, 0.05) is 47.0 Å². The maximum absolute atomic E-state index is 11.5. The molecule has 0 amide bonds. The first-order valence-corrected chi connectivity index (χ1v) is 31.0. The molecule has 10 rings (SSSR count). The molecule has 0 aromatic heterocycles. The second kappa shape index (κ2) is 28.8. The minimum atomic E-state index is 0.116. The Morgan fingerprint density at radius 2 is 0.869 bits per heavy atom. The first kappa shape index (κ1) is 68.6. The van der Waals surface area contributed by atoms with Gasteiger partial charge in [-0.1, -0.05) is 262 Å². The molecule has 0 bridgehead atoms. The molecule has 0 heterocycles. The Hall–Kier alpha value is -6.15. The van der Waals surface area contributed by atoms with Gasteiger partial charge in [-0.05, 0) is 139 Å². The summed E-state index contributed by atoms with van der Waals surface area (Å²) in [6, 6.07) is 44.8. The van der Waals surface area contributed by atoms with Crippen LogP contribution in [0.15, 0.2) is 138 Å². The number of hydrogen-bond donors (Lipinski definition) is 2. The summed E-state index contributed by atoms with van der Waals surface area (Å²) in [4.78, 5) is 27.8. The van der Waals surface area contributed by atoms with Crippen LogP contribution in [-0.4, -0.2) is 41.2 Å². The predicted molar refractivity (Wildman–Crippen MR) is 357 cm³/mol. The van der Waals surface area contributed by atoms with Crippen LogP contribution in [0.4, 0.5) is 0 Å². The van der Waals surface area contributed by atoms with Gasteiger partial charge < -0.3 is 15.8 Å². The Bertz CT molecular complexity index is 3220. The fourth-order valence-corrected chi connectivity index (χ4v) is 10.7. The SMILES string of the molecule is CC(C)(C)c1ccc(C(=O)CCCl)cc1.CC(C)(C)c1ccc2c(c1)CC/C2=N/O.CC(C)(C)c1ccc2c(c1)CCC2=O.CC(C)(C)c1ccc2c(c1)CCC2N.CC(C)(C)c1ccccc1.CO/N=C1/CCc2cc(C(C)(C)C)ccc21. The average Bonchev–Trinajstić information content (AvgIpc) is 3.40. The topological polar surface area (TPSA) is 114 Å². The molecular weight excluding hydrogens is 1050 g/mol. The minimum absolute atomic E-state index is 0.116. The summed E-state index contributed by atoms with van der Waals surface area (Å²) in [7, 11) is 1.61. The van der Waals surface area contributed by atoms with E-state index in [1.54, 1.807) is 7.11 Å². The predicted octanol–water partition coefficient (Wildman–Crippen LogP) is 19.2. The molecule has 3 N–H and O–H groups in total. The molecule has 0 aliphatic heterocycles.